The van der Waals surface area contributed by atoms with E-state index in [1.54, 1.807) is 0 Å². The predicted octanol–water partition coefficient (Wildman–Crippen LogP) is 5.85. The van der Waals surface area contributed by atoms with Crippen LogP contribution in [0.15, 0.2) is 12.7 Å². The minimum atomic E-state index is 0.0224. The van der Waals surface area contributed by atoms with Gasteiger partial charge in [-0.25, -0.2) is 9.97 Å². The number of likely N-dealkylation sites (N-methyl/N-ethyl adjacent to an activating group) is 1. The molecule has 0 aromatic carbocycles. The zero-order valence-corrected chi connectivity index (χ0v) is 22.2. The van der Waals surface area contributed by atoms with Crippen molar-refractivity contribution in [3.05, 3.63) is 29.7 Å². The van der Waals surface area contributed by atoms with Crippen molar-refractivity contribution in [2.75, 3.05) is 25.0 Å². The van der Waals surface area contributed by atoms with E-state index in [1.807, 2.05) is 25.7 Å². The minimum Gasteiger partial charge on any atom is -0.354 e. The number of amides is 1. The van der Waals surface area contributed by atoms with Crippen molar-refractivity contribution in [2.45, 2.75) is 93.5 Å². The third-order valence-corrected chi connectivity index (χ3v) is 7.12. The van der Waals surface area contributed by atoms with Gasteiger partial charge in [0.1, 0.15) is 11.6 Å². The summed E-state index contributed by atoms with van der Waals surface area (Å²) in [7, 11) is 2.11. The first-order valence-corrected chi connectivity index (χ1v) is 12.7. The highest BCUT2D eigenvalue weighted by Crippen LogP contribution is 2.34. The fourth-order valence-electron chi connectivity index (χ4n) is 4.19. The molecule has 2 aliphatic rings. The number of nitrogens with zero attached hydrogens (tertiary/aromatic N) is 4. The summed E-state index contributed by atoms with van der Waals surface area (Å²) in [6.45, 7) is 22.5. The quantitative estimate of drug-likeness (QED) is 0.535. The van der Waals surface area contributed by atoms with Crippen LogP contribution in [0.2, 0.25) is 0 Å². The lowest BCUT2D eigenvalue weighted by molar-refractivity contribution is -0.125. The van der Waals surface area contributed by atoms with Crippen molar-refractivity contribution in [3.63, 3.8) is 0 Å². The Bertz CT molecular complexity index is 729. The van der Waals surface area contributed by atoms with Crippen LogP contribution >= 0.6 is 0 Å². The van der Waals surface area contributed by atoms with Crippen LogP contribution in [-0.4, -0.2) is 47.0 Å². The van der Waals surface area contributed by atoms with Crippen LogP contribution in [0.5, 0.6) is 0 Å². The van der Waals surface area contributed by atoms with Gasteiger partial charge in [-0.05, 0) is 50.0 Å². The van der Waals surface area contributed by atoms with Crippen LogP contribution < -0.4 is 4.90 Å². The van der Waals surface area contributed by atoms with E-state index in [9.17, 15) is 4.79 Å². The Morgan fingerprint density at radius 1 is 1.19 bits per heavy atom. The number of aryl methyl sites for hydroxylation is 1. The number of carbonyl (C=O) groups is 1. The van der Waals surface area contributed by atoms with Gasteiger partial charge in [0.05, 0.1) is 0 Å². The van der Waals surface area contributed by atoms with E-state index in [1.165, 1.54) is 30.2 Å². The third kappa shape index (κ3) is 7.31. The Hall–Kier alpha value is -1.91. The van der Waals surface area contributed by atoms with Crippen molar-refractivity contribution in [2.24, 2.45) is 17.8 Å². The lowest BCUT2D eigenvalue weighted by Gasteiger charge is -2.33. The van der Waals surface area contributed by atoms with E-state index in [-0.39, 0.29) is 5.91 Å². The molecule has 5 heteroatoms. The molecule has 0 radical (unpaired) electrons. The van der Waals surface area contributed by atoms with Crippen LogP contribution in [0.25, 0.3) is 0 Å². The fraction of sp³-hybridized carbons (Fsp3) is 0.741. The number of anilines is 1. The highest BCUT2D eigenvalue weighted by atomic mass is 16.2. The number of aromatic nitrogens is 2. The topological polar surface area (TPSA) is 49.3 Å². The van der Waals surface area contributed by atoms with Gasteiger partial charge in [-0.2, -0.15) is 0 Å². The van der Waals surface area contributed by atoms with Crippen molar-refractivity contribution in [1.29, 1.82) is 0 Å². The van der Waals surface area contributed by atoms with E-state index < -0.39 is 0 Å². The van der Waals surface area contributed by atoms with Gasteiger partial charge in [-0.3, -0.25) is 4.79 Å². The molecule has 2 heterocycles. The first-order valence-electron chi connectivity index (χ1n) is 12.7. The number of hydrogen-bond acceptors (Lipinski definition) is 4. The van der Waals surface area contributed by atoms with Gasteiger partial charge in [0.25, 0.3) is 0 Å². The van der Waals surface area contributed by atoms with Crippen LogP contribution in [0.4, 0.5) is 5.82 Å². The Kier molecular flexibility index (Phi) is 11.9. The lowest BCUT2D eigenvalue weighted by atomic mass is 9.80. The van der Waals surface area contributed by atoms with Crippen LogP contribution in [-0.2, 0) is 17.6 Å². The van der Waals surface area contributed by atoms with Crippen LogP contribution in [0.1, 0.15) is 84.8 Å². The summed E-state index contributed by atoms with van der Waals surface area (Å²) in [5.74, 6) is 4.18. The second-order valence-corrected chi connectivity index (χ2v) is 9.35. The molecule has 1 fully saturated rings. The summed E-state index contributed by atoms with van der Waals surface area (Å²) in [5.41, 5.74) is 2.52. The third-order valence-electron chi connectivity index (χ3n) is 7.12. The van der Waals surface area contributed by atoms with Crippen LogP contribution in [0, 0.1) is 24.7 Å². The minimum absolute atomic E-state index is 0.0224. The standard InChI is InChI=1S/C19H28N4O.C6H14.C2H6/c1-6-18(24)23-8-7-15(11-23)22(5)19-16-9-12(2)13(3)10-17(16)20-14(4)21-19;1-4-6(3)5-2;1-2/h6,12-13,15H,1,7-11H2,2-5H3;6H,4-5H2,1-3H3;1-2H3/t12-,13-,15+;;/m0../s1. The van der Waals surface area contributed by atoms with Gasteiger partial charge in [-0.1, -0.05) is 67.9 Å². The Balaban J connectivity index is 0.000000556. The van der Waals surface area contributed by atoms with E-state index >= 15 is 0 Å². The molecule has 0 bridgehead atoms. The average molecular weight is 445 g/mol. The number of hydrogen-bond donors (Lipinski definition) is 0. The summed E-state index contributed by atoms with van der Waals surface area (Å²) >= 11 is 0. The predicted molar refractivity (Wildman–Crippen MR) is 137 cm³/mol. The Morgan fingerprint density at radius 3 is 2.31 bits per heavy atom. The molecule has 5 nitrogen and oxygen atoms in total. The fourth-order valence-corrected chi connectivity index (χ4v) is 4.19. The Labute approximate surface area is 197 Å². The van der Waals surface area contributed by atoms with E-state index in [4.69, 9.17) is 9.97 Å². The van der Waals surface area contributed by atoms with Crippen molar-refractivity contribution in [1.82, 2.24) is 14.9 Å². The second kappa shape index (κ2) is 13.6. The largest absolute Gasteiger partial charge is 0.354 e. The van der Waals surface area contributed by atoms with Gasteiger partial charge in [-0.15, -0.1) is 0 Å². The van der Waals surface area contributed by atoms with E-state index in [0.29, 0.717) is 17.9 Å². The van der Waals surface area contributed by atoms with E-state index in [2.05, 4.69) is 53.1 Å². The molecule has 1 aromatic heterocycles. The smallest absolute Gasteiger partial charge is 0.246 e. The molecule has 0 saturated carbocycles. The normalized spacial score (nSPS) is 21.7. The highest BCUT2D eigenvalue weighted by Gasteiger charge is 2.32. The molecule has 1 aliphatic heterocycles. The van der Waals surface area contributed by atoms with Gasteiger partial charge < -0.3 is 9.80 Å². The molecular weight excluding hydrogens is 396 g/mol. The van der Waals surface area contributed by atoms with Gasteiger partial charge in [0, 0.05) is 37.4 Å². The molecule has 182 valence electrons. The first kappa shape index (κ1) is 28.1. The molecule has 1 saturated heterocycles. The molecule has 1 amide bonds. The molecule has 1 aromatic rings. The molecule has 3 atom stereocenters. The van der Waals surface area contributed by atoms with Gasteiger partial charge in [0.15, 0.2) is 0 Å². The average Bonchev–Trinajstić information content (AvgIpc) is 3.30. The van der Waals surface area contributed by atoms with Crippen LogP contribution in [0.3, 0.4) is 0 Å². The maximum atomic E-state index is 11.8. The molecule has 32 heavy (non-hydrogen) atoms. The summed E-state index contributed by atoms with van der Waals surface area (Å²) in [6, 6.07) is 0.307. The van der Waals surface area contributed by atoms with Crippen molar-refractivity contribution in [3.8, 4) is 0 Å². The van der Waals surface area contributed by atoms with Gasteiger partial charge in [0.2, 0.25) is 5.91 Å². The maximum absolute atomic E-state index is 11.8. The van der Waals surface area contributed by atoms with E-state index in [0.717, 1.165) is 49.9 Å². The zero-order valence-electron chi connectivity index (χ0n) is 22.2. The summed E-state index contributed by atoms with van der Waals surface area (Å²) < 4.78 is 0. The maximum Gasteiger partial charge on any atom is 0.246 e. The first-order chi connectivity index (χ1) is 15.2. The molecular formula is C27H48N4O. The summed E-state index contributed by atoms with van der Waals surface area (Å²) in [4.78, 5) is 25.5. The van der Waals surface area contributed by atoms with Crippen molar-refractivity contribution >= 4 is 11.7 Å². The van der Waals surface area contributed by atoms with Crippen molar-refractivity contribution < 1.29 is 4.79 Å². The molecule has 0 unspecified atom stereocenters. The summed E-state index contributed by atoms with van der Waals surface area (Å²) in [5, 5.41) is 0. The lowest BCUT2D eigenvalue weighted by Crippen LogP contribution is -2.38. The molecule has 0 N–H and O–H groups in total. The SMILES string of the molecule is C=CC(=O)N1CC[C@@H](N(C)c2nc(C)nc3c2C[C@H](C)[C@@H](C)C3)C1.CC.CCC(C)CC. The second-order valence-electron chi connectivity index (χ2n) is 9.35. The molecule has 0 spiro atoms. The van der Waals surface area contributed by atoms with Gasteiger partial charge >= 0.3 is 0 Å². The molecule has 3 rings (SSSR count). The molecule has 1 aliphatic carbocycles. The highest BCUT2D eigenvalue weighted by molar-refractivity contribution is 5.87. The number of likely N-dealkylation sites (tertiary alicyclic amines) is 1. The number of carbonyl (C=O) groups excluding carboxylic acids is 1. The number of fused-ring (bicyclic) bond motifs is 1. The number of rotatable bonds is 5. The monoisotopic (exact) mass is 444 g/mol. The Morgan fingerprint density at radius 2 is 1.78 bits per heavy atom. The zero-order chi connectivity index (χ0) is 24.4. The summed E-state index contributed by atoms with van der Waals surface area (Å²) in [6.07, 6.45) is 7.11.